The molecule has 0 radical (unpaired) electrons. The minimum atomic E-state index is -4.85. The molecule has 0 amide bonds. The van der Waals surface area contributed by atoms with E-state index < -0.39 is 38.6 Å². The number of alkyl halides is 3. The molecule has 2 unspecified atom stereocenters. The maximum atomic E-state index is 13.6. The molecule has 9 heteroatoms. The quantitative estimate of drug-likeness (QED) is 0.741. The summed E-state index contributed by atoms with van der Waals surface area (Å²) in [6, 6.07) is 10.8. The number of sulfonamides is 1. The van der Waals surface area contributed by atoms with E-state index in [1.165, 1.54) is 6.07 Å². The third-order valence-electron chi connectivity index (χ3n) is 4.69. The highest BCUT2D eigenvalue weighted by atomic mass is 32.2. The molecule has 1 fully saturated rings. The first-order valence-electron chi connectivity index (χ1n) is 8.67. The van der Waals surface area contributed by atoms with Crippen molar-refractivity contribution in [3.05, 3.63) is 54.1 Å². The van der Waals surface area contributed by atoms with Gasteiger partial charge in [-0.1, -0.05) is 36.4 Å². The maximum absolute atomic E-state index is 13.6. The average molecular weight is 412 g/mol. The van der Waals surface area contributed by atoms with Crippen LogP contribution in [0, 0.1) is 5.92 Å². The summed E-state index contributed by atoms with van der Waals surface area (Å²) in [4.78, 5) is 10.3. The lowest BCUT2D eigenvalue weighted by Crippen LogP contribution is -2.50. The molecule has 1 saturated heterocycles. The second-order valence-electron chi connectivity index (χ2n) is 6.60. The molecule has 2 aromatic carbocycles. The van der Waals surface area contributed by atoms with E-state index in [1.807, 2.05) is 0 Å². The van der Waals surface area contributed by atoms with E-state index in [1.54, 1.807) is 30.3 Å². The normalized spacial score (nSPS) is 20.7. The van der Waals surface area contributed by atoms with Crippen LogP contribution < -0.4 is 10.0 Å². The van der Waals surface area contributed by atoms with E-state index in [9.17, 15) is 26.4 Å². The number of hydrogen-bond acceptors (Lipinski definition) is 4. The number of nitrogens with one attached hydrogen (secondary N) is 2. The lowest BCUT2D eigenvalue weighted by atomic mass is 9.96. The van der Waals surface area contributed by atoms with Crippen molar-refractivity contribution < 1.29 is 26.4 Å². The summed E-state index contributed by atoms with van der Waals surface area (Å²) in [7, 11) is -4.47. The zero-order valence-corrected chi connectivity index (χ0v) is 15.6. The lowest BCUT2D eigenvalue weighted by Gasteiger charge is -2.29. The Morgan fingerprint density at radius 3 is 2.43 bits per heavy atom. The topological polar surface area (TPSA) is 75.3 Å². The van der Waals surface area contributed by atoms with Crippen LogP contribution in [0.4, 0.5) is 13.2 Å². The van der Waals surface area contributed by atoms with Gasteiger partial charge in [0.05, 0.1) is 10.5 Å². The van der Waals surface area contributed by atoms with Crippen LogP contribution in [-0.4, -0.2) is 33.8 Å². The molecule has 1 heterocycles. The van der Waals surface area contributed by atoms with E-state index in [0.29, 0.717) is 24.8 Å². The van der Waals surface area contributed by atoms with Gasteiger partial charge in [0.25, 0.3) is 0 Å². The predicted molar refractivity (Wildman–Crippen MR) is 98.0 cm³/mol. The summed E-state index contributed by atoms with van der Waals surface area (Å²) in [6.07, 6.45) is -3.93. The van der Waals surface area contributed by atoms with E-state index >= 15 is 0 Å². The zero-order chi connectivity index (χ0) is 20.4. The molecule has 3 rings (SSSR count). The standard InChI is InChI=1S/C19H19F3N2O3S/c20-19(21,22)16-10-14(13-4-2-1-3-5-13)6-7-18(16)28(26,27)24-17-8-9-23-11-15(17)12-25/h1-7,10,12,15,17,23-24H,8-9,11H2. The number of piperidine rings is 1. The van der Waals surface area contributed by atoms with Gasteiger partial charge in [0.1, 0.15) is 6.29 Å². The molecular formula is C19H19F3N2O3S. The van der Waals surface area contributed by atoms with Gasteiger partial charge < -0.3 is 10.1 Å². The third kappa shape index (κ3) is 4.43. The van der Waals surface area contributed by atoms with E-state index in [2.05, 4.69) is 10.0 Å². The van der Waals surface area contributed by atoms with Crippen molar-refractivity contribution >= 4 is 16.3 Å². The molecule has 2 aromatic rings. The Bertz CT molecular complexity index is 947. The van der Waals surface area contributed by atoms with Gasteiger partial charge in [-0.25, -0.2) is 13.1 Å². The molecule has 28 heavy (non-hydrogen) atoms. The molecule has 150 valence electrons. The van der Waals surface area contributed by atoms with Crippen LogP contribution in [0.2, 0.25) is 0 Å². The highest BCUT2D eigenvalue weighted by Crippen LogP contribution is 2.37. The number of halogens is 3. The zero-order valence-electron chi connectivity index (χ0n) is 14.7. The van der Waals surface area contributed by atoms with Crippen LogP contribution in [0.5, 0.6) is 0 Å². The first-order valence-corrected chi connectivity index (χ1v) is 10.2. The van der Waals surface area contributed by atoms with Gasteiger partial charge in [-0.3, -0.25) is 0 Å². The molecule has 0 aromatic heterocycles. The number of rotatable bonds is 5. The molecule has 0 bridgehead atoms. The van der Waals surface area contributed by atoms with E-state index in [-0.39, 0.29) is 12.1 Å². The fourth-order valence-electron chi connectivity index (χ4n) is 3.23. The lowest BCUT2D eigenvalue weighted by molar-refractivity contribution is -0.139. The van der Waals surface area contributed by atoms with Crippen LogP contribution >= 0.6 is 0 Å². The Morgan fingerprint density at radius 2 is 1.79 bits per heavy atom. The van der Waals surface area contributed by atoms with Crippen molar-refractivity contribution in [1.82, 2.24) is 10.0 Å². The Hall–Kier alpha value is -2.23. The summed E-state index contributed by atoms with van der Waals surface area (Å²) in [6.45, 7) is 0.742. The Kier molecular flexibility index (Phi) is 5.87. The van der Waals surface area contributed by atoms with Gasteiger partial charge >= 0.3 is 6.18 Å². The highest BCUT2D eigenvalue weighted by Gasteiger charge is 2.39. The second-order valence-corrected chi connectivity index (χ2v) is 8.28. The minimum absolute atomic E-state index is 0.263. The summed E-state index contributed by atoms with van der Waals surface area (Å²) in [5.41, 5.74) is -0.429. The maximum Gasteiger partial charge on any atom is 0.417 e. The van der Waals surface area contributed by atoms with Gasteiger partial charge in [-0.15, -0.1) is 0 Å². The molecule has 2 N–H and O–H groups in total. The van der Waals surface area contributed by atoms with Crippen molar-refractivity contribution in [1.29, 1.82) is 0 Å². The molecule has 0 aliphatic carbocycles. The molecule has 1 aliphatic heterocycles. The van der Waals surface area contributed by atoms with Crippen LogP contribution in [0.15, 0.2) is 53.4 Å². The van der Waals surface area contributed by atoms with Crippen molar-refractivity contribution in [3.8, 4) is 11.1 Å². The van der Waals surface area contributed by atoms with Crippen LogP contribution in [0.25, 0.3) is 11.1 Å². The monoisotopic (exact) mass is 412 g/mol. The van der Waals surface area contributed by atoms with Crippen molar-refractivity contribution in [3.63, 3.8) is 0 Å². The first kappa shape index (κ1) is 20.5. The minimum Gasteiger partial charge on any atom is -0.316 e. The summed E-state index contributed by atoms with van der Waals surface area (Å²) < 4.78 is 68.7. The predicted octanol–water partition coefficient (Wildman–Crippen LogP) is 2.83. The van der Waals surface area contributed by atoms with Gasteiger partial charge in [-0.2, -0.15) is 13.2 Å². The Labute approximate surface area is 161 Å². The molecule has 0 saturated carbocycles. The van der Waals surface area contributed by atoms with Gasteiger partial charge in [0.2, 0.25) is 10.0 Å². The smallest absolute Gasteiger partial charge is 0.316 e. The summed E-state index contributed by atoms with van der Waals surface area (Å²) in [5.74, 6) is -0.638. The Morgan fingerprint density at radius 1 is 1.07 bits per heavy atom. The van der Waals surface area contributed by atoms with Crippen LogP contribution in [0.1, 0.15) is 12.0 Å². The molecule has 2 atom stereocenters. The van der Waals surface area contributed by atoms with Crippen LogP contribution in [-0.2, 0) is 21.0 Å². The van der Waals surface area contributed by atoms with Gasteiger partial charge in [-0.05, 0) is 36.2 Å². The van der Waals surface area contributed by atoms with Gasteiger partial charge in [0.15, 0.2) is 0 Å². The van der Waals surface area contributed by atoms with Crippen molar-refractivity contribution in [2.45, 2.75) is 23.5 Å². The van der Waals surface area contributed by atoms with Crippen molar-refractivity contribution in [2.75, 3.05) is 13.1 Å². The highest BCUT2D eigenvalue weighted by molar-refractivity contribution is 7.89. The van der Waals surface area contributed by atoms with Crippen molar-refractivity contribution in [2.24, 2.45) is 5.92 Å². The summed E-state index contributed by atoms with van der Waals surface area (Å²) >= 11 is 0. The van der Waals surface area contributed by atoms with Crippen LogP contribution in [0.3, 0.4) is 0 Å². The van der Waals surface area contributed by atoms with E-state index in [4.69, 9.17) is 0 Å². The second kappa shape index (κ2) is 8.02. The Balaban J connectivity index is 2.01. The summed E-state index contributed by atoms with van der Waals surface area (Å²) in [5, 5.41) is 2.96. The average Bonchev–Trinajstić information content (AvgIpc) is 2.67. The third-order valence-corrected chi connectivity index (χ3v) is 6.24. The van der Waals surface area contributed by atoms with Gasteiger partial charge in [0, 0.05) is 18.5 Å². The SMILES string of the molecule is O=CC1CNCCC1NS(=O)(=O)c1ccc(-c2ccccc2)cc1C(F)(F)F. The van der Waals surface area contributed by atoms with E-state index in [0.717, 1.165) is 12.1 Å². The number of hydrogen-bond donors (Lipinski definition) is 2. The largest absolute Gasteiger partial charge is 0.417 e. The number of benzene rings is 2. The molecule has 5 nitrogen and oxygen atoms in total. The number of carbonyl (C=O) groups excluding carboxylic acids is 1. The molecule has 1 aliphatic rings. The fraction of sp³-hybridized carbons (Fsp3) is 0.316. The number of carbonyl (C=O) groups is 1. The molecule has 0 spiro atoms. The molecular weight excluding hydrogens is 393 g/mol. The first-order chi connectivity index (χ1) is 13.2. The number of aldehydes is 1. The fourth-order valence-corrected chi connectivity index (χ4v) is 4.76.